The van der Waals surface area contributed by atoms with Gasteiger partial charge in [-0.1, -0.05) is 0 Å². The van der Waals surface area contributed by atoms with Gasteiger partial charge in [0.1, 0.15) is 18.3 Å². The summed E-state index contributed by atoms with van der Waals surface area (Å²) in [6, 6.07) is 5.13. The van der Waals surface area contributed by atoms with E-state index in [0.29, 0.717) is 42.6 Å². The summed E-state index contributed by atoms with van der Waals surface area (Å²) >= 11 is 1.43. The third-order valence-electron chi connectivity index (χ3n) is 6.26. The maximum Gasteiger partial charge on any atom is 0.262 e. The van der Waals surface area contributed by atoms with E-state index in [2.05, 4.69) is 31.7 Å². The molecule has 0 aromatic carbocycles. The summed E-state index contributed by atoms with van der Waals surface area (Å²) in [6.45, 7) is 4.66. The van der Waals surface area contributed by atoms with Gasteiger partial charge in [0.15, 0.2) is 0 Å². The highest BCUT2D eigenvalue weighted by atomic mass is 32.1. The van der Waals surface area contributed by atoms with Crippen LogP contribution in [-0.2, 0) is 23.1 Å². The first-order chi connectivity index (χ1) is 17.4. The molecule has 36 heavy (non-hydrogen) atoms. The number of aryl methyl sites for hydroxylation is 2. The van der Waals surface area contributed by atoms with Crippen molar-refractivity contribution in [1.82, 2.24) is 20.1 Å². The van der Waals surface area contributed by atoms with Crippen molar-refractivity contribution in [3.63, 3.8) is 0 Å². The molecule has 11 heteroatoms. The summed E-state index contributed by atoms with van der Waals surface area (Å²) < 4.78 is 13.0. The third kappa shape index (κ3) is 5.68. The highest BCUT2D eigenvalue weighted by Crippen LogP contribution is 2.32. The molecule has 0 saturated carbocycles. The largest absolute Gasteiger partial charge is 0.474 e. The molecule has 0 bridgehead atoms. The monoisotopic (exact) mass is 510 g/mol. The Bertz CT molecular complexity index is 1230. The van der Waals surface area contributed by atoms with Crippen LogP contribution in [0.2, 0.25) is 0 Å². The van der Waals surface area contributed by atoms with Gasteiger partial charge in [-0.3, -0.25) is 14.3 Å². The van der Waals surface area contributed by atoms with Gasteiger partial charge in [-0.25, -0.2) is 4.98 Å². The summed E-state index contributed by atoms with van der Waals surface area (Å²) in [5, 5.41) is 9.88. The second kappa shape index (κ2) is 10.7. The third-order valence-corrected chi connectivity index (χ3v) is 7.33. The van der Waals surface area contributed by atoms with E-state index in [9.17, 15) is 9.59 Å². The standard InChI is InChI=1S/C25H30N6O4S/c1-16-10-21-25(26-12-16)35-9-7-31(21)15-19-5-6-22(36-19)24(33)29-20(11-18-4-3-8-34-18)23(32)28-17-13-27-30(2)14-17/h5-6,10,12-14,18,20H,3-4,7-9,11,15H2,1-2H3,(H,28,32)(H,29,33)/t18?,20-/m0/s1. The van der Waals surface area contributed by atoms with Crippen LogP contribution in [-0.4, -0.2) is 58.5 Å². The van der Waals surface area contributed by atoms with E-state index >= 15 is 0 Å². The lowest BCUT2D eigenvalue weighted by Crippen LogP contribution is -2.45. The Hall–Kier alpha value is -3.44. The molecule has 0 aliphatic carbocycles. The SMILES string of the molecule is Cc1cnc2c(c1)N(Cc1ccc(C(=O)N[C@@H](CC3CCCO3)C(=O)Nc3cnn(C)c3)s1)CCO2. The molecule has 2 N–H and O–H groups in total. The second-order valence-corrected chi connectivity index (χ2v) is 10.3. The molecule has 2 amide bonds. The normalized spacial score (nSPS) is 17.8. The van der Waals surface area contributed by atoms with Gasteiger partial charge >= 0.3 is 0 Å². The lowest BCUT2D eigenvalue weighted by atomic mass is 10.1. The molecule has 190 valence electrons. The average Bonchev–Trinajstić information content (AvgIpc) is 3.62. The number of anilines is 2. The molecule has 5 heterocycles. The number of fused-ring (bicyclic) bond motifs is 1. The topological polar surface area (TPSA) is 111 Å². The van der Waals surface area contributed by atoms with Gasteiger partial charge in [0.05, 0.1) is 36.0 Å². The fourth-order valence-corrected chi connectivity index (χ4v) is 5.39. The van der Waals surface area contributed by atoms with Crippen molar-refractivity contribution in [3.05, 3.63) is 52.1 Å². The van der Waals surface area contributed by atoms with Gasteiger partial charge in [-0.15, -0.1) is 11.3 Å². The van der Waals surface area contributed by atoms with Crippen LogP contribution in [0.1, 0.15) is 39.4 Å². The zero-order valence-corrected chi connectivity index (χ0v) is 21.2. The summed E-state index contributed by atoms with van der Waals surface area (Å²) in [6.07, 6.45) is 7.31. The Morgan fingerprint density at radius 3 is 2.94 bits per heavy atom. The van der Waals surface area contributed by atoms with Crippen molar-refractivity contribution in [2.75, 3.05) is 30.0 Å². The highest BCUT2D eigenvalue weighted by molar-refractivity contribution is 7.14. The summed E-state index contributed by atoms with van der Waals surface area (Å²) in [4.78, 5) is 34.4. The van der Waals surface area contributed by atoms with Gasteiger partial charge in [-0.2, -0.15) is 5.10 Å². The lowest BCUT2D eigenvalue weighted by Gasteiger charge is -2.30. The second-order valence-electron chi connectivity index (χ2n) is 9.16. The number of ether oxygens (including phenoxy) is 2. The fraction of sp³-hybridized carbons (Fsp3) is 0.440. The molecule has 3 aromatic heterocycles. The minimum atomic E-state index is -0.716. The number of nitrogens with one attached hydrogen (secondary N) is 2. The van der Waals surface area contributed by atoms with Crippen molar-refractivity contribution in [3.8, 4) is 5.88 Å². The molecular formula is C25H30N6O4S. The zero-order valence-electron chi connectivity index (χ0n) is 20.4. The average molecular weight is 511 g/mol. The molecule has 2 aliphatic heterocycles. The molecule has 1 fully saturated rings. The Balaban J connectivity index is 1.26. The molecule has 10 nitrogen and oxygen atoms in total. The molecule has 2 aliphatic rings. The van der Waals surface area contributed by atoms with E-state index in [1.807, 2.05) is 19.1 Å². The number of thiophene rings is 1. The minimum absolute atomic E-state index is 0.0488. The van der Waals surface area contributed by atoms with Gasteiger partial charge in [0.2, 0.25) is 11.8 Å². The van der Waals surface area contributed by atoms with Gasteiger partial charge < -0.3 is 25.0 Å². The number of rotatable bonds is 8. The smallest absolute Gasteiger partial charge is 0.262 e. The maximum atomic E-state index is 13.2. The molecule has 5 rings (SSSR count). The molecule has 3 aromatic rings. The van der Waals surface area contributed by atoms with E-state index in [1.54, 1.807) is 30.3 Å². The molecule has 0 spiro atoms. The van der Waals surface area contributed by atoms with E-state index in [4.69, 9.17) is 9.47 Å². The maximum absolute atomic E-state index is 13.2. The van der Waals surface area contributed by atoms with Crippen LogP contribution < -0.4 is 20.3 Å². The van der Waals surface area contributed by atoms with Crippen LogP contribution >= 0.6 is 11.3 Å². The highest BCUT2D eigenvalue weighted by Gasteiger charge is 2.28. The molecule has 1 unspecified atom stereocenters. The van der Waals surface area contributed by atoms with Gasteiger partial charge in [0, 0.05) is 37.3 Å². The molecule has 0 radical (unpaired) electrons. The van der Waals surface area contributed by atoms with Crippen molar-refractivity contribution in [1.29, 1.82) is 0 Å². The van der Waals surface area contributed by atoms with Crippen LogP contribution in [0.4, 0.5) is 11.4 Å². The lowest BCUT2D eigenvalue weighted by molar-refractivity contribution is -0.118. The number of pyridine rings is 1. The van der Waals surface area contributed by atoms with E-state index in [0.717, 1.165) is 35.5 Å². The van der Waals surface area contributed by atoms with E-state index < -0.39 is 6.04 Å². The Labute approximate surface area is 213 Å². The van der Waals surface area contributed by atoms with Crippen LogP contribution in [0.15, 0.2) is 36.8 Å². The van der Waals surface area contributed by atoms with E-state index in [1.165, 1.54) is 11.3 Å². The Kier molecular flexibility index (Phi) is 7.19. The predicted octanol–water partition coefficient (Wildman–Crippen LogP) is 2.89. The minimum Gasteiger partial charge on any atom is -0.474 e. The van der Waals surface area contributed by atoms with E-state index in [-0.39, 0.29) is 17.9 Å². The first-order valence-electron chi connectivity index (χ1n) is 12.1. The number of aromatic nitrogens is 3. The van der Waals surface area contributed by atoms with Crippen molar-refractivity contribution in [2.24, 2.45) is 7.05 Å². The van der Waals surface area contributed by atoms with Gasteiger partial charge in [0.25, 0.3) is 5.91 Å². The fourth-order valence-electron chi connectivity index (χ4n) is 4.46. The number of nitrogens with zero attached hydrogens (tertiary/aromatic N) is 4. The van der Waals surface area contributed by atoms with Crippen LogP contribution in [0.3, 0.4) is 0 Å². The predicted molar refractivity (Wildman–Crippen MR) is 137 cm³/mol. The quantitative estimate of drug-likeness (QED) is 0.479. The number of carbonyl (C=O) groups excluding carboxylic acids is 2. The molecular weight excluding hydrogens is 480 g/mol. The zero-order chi connectivity index (χ0) is 25.1. The first kappa shape index (κ1) is 24.3. The number of carbonyl (C=O) groups is 2. The van der Waals surface area contributed by atoms with Crippen LogP contribution in [0, 0.1) is 6.92 Å². The Morgan fingerprint density at radius 2 is 2.17 bits per heavy atom. The van der Waals surface area contributed by atoms with Gasteiger partial charge in [-0.05, 0) is 43.5 Å². The molecule has 2 atom stereocenters. The number of amides is 2. The summed E-state index contributed by atoms with van der Waals surface area (Å²) in [7, 11) is 1.78. The Morgan fingerprint density at radius 1 is 1.28 bits per heavy atom. The first-order valence-corrected chi connectivity index (χ1v) is 12.9. The number of hydrogen-bond acceptors (Lipinski definition) is 8. The van der Waals surface area contributed by atoms with Crippen molar-refractivity contribution >= 4 is 34.5 Å². The molecule has 1 saturated heterocycles. The number of hydrogen-bond donors (Lipinski definition) is 2. The van der Waals surface area contributed by atoms with Crippen molar-refractivity contribution in [2.45, 2.75) is 44.9 Å². The van der Waals surface area contributed by atoms with Crippen LogP contribution in [0.5, 0.6) is 5.88 Å². The summed E-state index contributed by atoms with van der Waals surface area (Å²) in [5.74, 6) is 0.0878. The summed E-state index contributed by atoms with van der Waals surface area (Å²) in [5.41, 5.74) is 2.62. The van der Waals surface area contributed by atoms with Crippen molar-refractivity contribution < 1.29 is 19.1 Å². The van der Waals surface area contributed by atoms with Crippen LogP contribution in [0.25, 0.3) is 0 Å².